The zero-order valence-electron chi connectivity index (χ0n) is 18.3. The summed E-state index contributed by atoms with van der Waals surface area (Å²) in [4.78, 5) is 14.7. The first kappa shape index (κ1) is 22.4. The number of likely N-dealkylation sites (tertiary alicyclic amines) is 1. The molecule has 1 amide bonds. The molecule has 0 spiro atoms. The van der Waals surface area contributed by atoms with E-state index in [4.69, 9.17) is 23.2 Å². The lowest BCUT2D eigenvalue weighted by Gasteiger charge is -2.34. The van der Waals surface area contributed by atoms with Crippen molar-refractivity contribution in [3.63, 3.8) is 0 Å². The molecule has 0 aliphatic carbocycles. The van der Waals surface area contributed by atoms with Gasteiger partial charge in [0.25, 0.3) is 0 Å². The average Bonchev–Trinajstić information content (AvgIpc) is 3.30. The molecular formula is C25H31Cl2N3O. The number of nitrogens with one attached hydrogen (secondary N) is 2. The zero-order valence-corrected chi connectivity index (χ0v) is 19.8. The molecule has 0 aromatic heterocycles. The third-order valence-electron chi connectivity index (χ3n) is 6.70. The van der Waals surface area contributed by atoms with E-state index in [-0.39, 0.29) is 18.0 Å². The summed E-state index contributed by atoms with van der Waals surface area (Å²) in [5.41, 5.74) is 4.71. The van der Waals surface area contributed by atoms with Gasteiger partial charge in [-0.05, 0) is 86.9 Å². The molecule has 0 radical (unpaired) electrons. The second kappa shape index (κ2) is 9.81. The van der Waals surface area contributed by atoms with E-state index in [2.05, 4.69) is 47.6 Å². The third kappa shape index (κ3) is 5.19. The Bertz CT molecular complexity index is 934. The highest BCUT2D eigenvalue weighted by molar-refractivity contribution is 6.35. The van der Waals surface area contributed by atoms with Gasteiger partial charge in [-0.2, -0.15) is 0 Å². The maximum atomic E-state index is 12.7. The van der Waals surface area contributed by atoms with Gasteiger partial charge in [0.15, 0.2) is 0 Å². The van der Waals surface area contributed by atoms with E-state index in [1.807, 2.05) is 12.1 Å². The van der Waals surface area contributed by atoms with Crippen LogP contribution in [0.5, 0.6) is 0 Å². The Morgan fingerprint density at radius 2 is 1.90 bits per heavy atom. The summed E-state index contributed by atoms with van der Waals surface area (Å²) in [6.07, 6.45) is 4.10. The number of anilines is 1. The summed E-state index contributed by atoms with van der Waals surface area (Å²) in [5, 5.41) is 8.28. The smallest absolute Gasteiger partial charge is 0.239 e. The van der Waals surface area contributed by atoms with Gasteiger partial charge in [-0.15, -0.1) is 0 Å². The van der Waals surface area contributed by atoms with Gasteiger partial charge < -0.3 is 15.5 Å². The van der Waals surface area contributed by atoms with Crippen molar-refractivity contribution >= 4 is 34.8 Å². The lowest BCUT2D eigenvalue weighted by atomic mass is 9.88. The van der Waals surface area contributed by atoms with E-state index in [0.717, 1.165) is 56.6 Å². The van der Waals surface area contributed by atoms with Crippen molar-refractivity contribution in [1.29, 1.82) is 0 Å². The highest BCUT2D eigenvalue weighted by Gasteiger charge is 2.30. The van der Waals surface area contributed by atoms with Crippen molar-refractivity contribution in [1.82, 2.24) is 10.2 Å². The van der Waals surface area contributed by atoms with Gasteiger partial charge in [0.1, 0.15) is 0 Å². The summed E-state index contributed by atoms with van der Waals surface area (Å²) in [5.74, 6) is 0.770. The Morgan fingerprint density at radius 3 is 2.58 bits per heavy atom. The van der Waals surface area contributed by atoms with Crippen LogP contribution in [0, 0.1) is 6.92 Å². The van der Waals surface area contributed by atoms with E-state index < -0.39 is 0 Å². The molecule has 4 nitrogen and oxygen atoms in total. The van der Waals surface area contributed by atoms with Crippen LogP contribution in [0.2, 0.25) is 10.0 Å². The quantitative estimate of drug-likeness (QED) is 0.581. The number of aryl methyl sites for hydroxylation is 1. The fourth-order valence-corrected chi connectivity index (χ4v) is 5.33. The van der Waals surface area contributed by atoms with Gasteiger partial charge in [0.2, 0.25) is 5.91 Å². The Morgan fingerprint density at radius 1 is 1.13 bits per heavy atom. The van der Waals surface area contributed by atoms with E-state index in [0.29, 0.717) is 16.0 Å². The molecule has 4 rings (SSSR count). The van der Waals surface area contributed by atoms with Crippen LogP contribution >= 0.6 is 23.2 Å². The van der Waals surface area contributed by atoms with E-state index in [1.165, 1.54) is 11.1 Å². The molecule has 2 aliphatic heterocycles. The number of halogens is 2. The van der Waals surface area contributed by atoms with Crippen molar-refractivity contribution in [3.05, 3.63) is 63.1 Å². The molecule has 0 bridgehead atoms. The fraction of sp³-hybridized carbons (Fsp3) is 0.480. The van der Waals surface area contributed by atoms with Crippen LogP contribution in [0.15, 0.2) is 36.4 Å². The van der Waals surface area contributed by atoms with Crippen LogP contribution in [0.4, 0.5) is 5.69 Å². The van der Waals surface area contributed by atoms with E-state index in [1.54, 1.807) is 6.07 Å². The molecule has 2 aromatic rings. The fourth-order valence-electron chi connectivity index (χ4n) is 4.76. The van der Waals surface area contributed by atoms with Crippen LogP contribution in [0.1, 0.15) is 61.3 Å². The Labute approximate surface area is 195 Å². The minimum atomic E-state index is 0.0351. The Hall–Kier alpha value is -1.75. The molecule has 2 heterocycles. The standard InChI is InChI=1S/C25H31Cl2N3O/c1-16-5-6-19(14-24(16)29-17(2)21-8-7-20(26)15-22(21)27)18-9-12-30(13-10-18)25(31)23-4-3-11-28-23/h5-8,14-15,17-18,23,28-29H,3-4,9-13H2,1-2H3/t17?,23-/m1/s1. The molecule has 31 heavy (non-hydrogen) atoms. The maximum absolute atomic E-state index is 12.7. The van der Waals surface area contributed by atoms with Crippen molar-refractivity contribution in [2.24, 2.45) is 0 Å². The van der Waals surface area contributed by atoms with Crippen molar-refractivity contribution in [2.45, 2.75) is 57.5 Å². The molecule has 2 aromatic carbocycles. The Balaban J connectivity index is 1.41. The number of carbonyl (C=O) groups excluding carboxylic acids is 1. The minimum absolute atomic E-state index is 0.0351. The van der Waals surface area contributed by atoms with E-state index in [9.17, 15) is 4.79 Å². The normalized spacial score (nSPS) is 20.6. The first-order valence-electron chi connectivity index (χ1n) is 11.3. The van der Waals surface area contributed by atoms with Crippen LogP contribution in [-0.2, 0) is 4.79 Å². The number of benzene rings is 2. The van der Waals surface area contributed by atoms with Gasteiger partial charge in [-0.25, -0.2) is 0 Å². The van der Waals surface area contributed by atoms with Crippen molar-refractivity contribution in [2.75, 3.05) is 25.0 Å². The van der Waals surface area contributed by atoms with Crippen molar-refractivity contribution < 1.29 is 4.79 Å². The summed E-state index contributed by atoms with van der Waals surface area (Å²) < 4.78 is 0. The Kier molecular flexibility index (Phi) is 7.10. The third-order valence-corrected chi connectivity index (χ3v) is 7.26. The van der Waals surface area contributed by atoms with Gasteiger partial charge in [0.05, 0.1) is 12.1 Å². The number of piperidine rings is 1. The summed E-state index contributed by atoms with van der Waals surface area (Å²) in [6.45, 7) is 6.89. The molecule has 0 saturated carbocycles. The molecule has 6 heteroatoms. The number of carbonyl (C=O) groups is 1. The monoisotopic (exact) mass is 459 g/mol. The predicted molar refractivity (Wildman–Crippen MR) is 129 cm³/mol. The maximum Gasteiger partial charge on any atom is 0.239 e. The SMILES string of the molecule is Cc1ccc(C2CCN(C(=O)[C@H]3CCCN3)CC2)cc1NC(C)c1ccc(Cl)cc1Cl. The predicted octanol–water partition coefficient (Wildman–Crippen LogP) is 5.93. The largest absolute Gasteiger partial charge is 0.378 e. The lowest BCUT2D eigenvalue weighted by molar-refractivity contribution is -0.134. The summed E-state index contributed by atoms with van der Waals surface area (Å²) in [6, 6.07) is 12.4. The van der Waals surface area contributed by atoms with Crippen LogP contribution in [-0.4, -0.2) is 36.5 Å². The summed E-state index contributed by atoms with van der Waals surface area (Å²) in [7, 11) is 0. The second-order valence-corrected chi connectivity index (χ2v) is 9.70. The lowest BCUT2D eigenvalue weighted by Crippen LogP contribution is -2.46. The molecule has 2 fully saturated rings. The molecule has 1 unspecified atom stereocenters. The molecule has 166 valence electrons. The number of amides is 1. The molecule has 2 saturated heterocycles. The number of hydrogen-bond donors (Lipinski definition) is 2. The van der Waals surface area contributed by atoms with Crippen LogP contribution in [0.3, 0.4) is 0 Å². The van der Waals surface area contributed by atoms with E-state index >= 15 is 0 Å². The average molecular weight is 460 g/mol. The minimum Gasteiger partial charge on any atom is -0.378 e. The topological polar surface area (TPSA) is 44.4 Å². The number of nitrogens with zero attached hydrogens (tertiary/aromatic N) is 1. The molecule has 2 atom stereocenters. The van der Waals surface area contributed by atoms with Gasteiger partial charge in [0, 0.05) is 28.8 Å². The van der Waals surface area contributed by atoms with Gasteiger partial charge in [-0.1, -0.05) is 41.4 Å². The molecular weight excluding hydrogens is 429 g/mol. The molecule has 2 N–H and O–H groups in total. The van der Waals surface area contributed by atoms with Crippen LogP contribution in [0.25, 0.3) is 0 Å². The van der Waals surface area contributed by atoms with Gasteiger partial charge in [-0.3, -0.25) is 4.79 Å². The van der Waals surface area contributed by atoms with Crippen molar-refractivity contribution in [3.8, 4) is 0 Å². The zero-order chi connectivity index (χ0) is 22.0. The second-order valence-electron chi connectivity index (χ2n) is 8.85. The molecule has 2 aliphatic rings. The first-order valence-corrected chi connectivity index (χ1v) is 12.0. The first-order chi connectivity index (χ1) is 14.9. The highest BCUT2D eigenvalue weighted by atomic mass is 35.5. The number of rotatable bonds is 5. The highest BCUT2D eigenvalue weighted by Crippen LogP contribution is 2.34. The van der Waals surface area contributed by atoms with Crippen LogP contribution < -0.4 is 10.6 Å². The van der Waals surface area contributed by atoms with Gasteiger partial charge >= 0.3 is 0 Å². The summed E-state index contributed by atoms with van der Waals surface area (Å²) >= 11 is 12.5. The number of hydrogen-bond acceptors (Lipinski definition) is 3.